The van der Waals surface area contributed by atoms with Crippen LogP contribution in [0.3, 0.4) is 0 Å². The first-order valence-corrected chi connectivity index (χ1v) is 8.87. The third-order valence-corrected chi connectivity index (χ3v) is 5.00. The van der Waals surface area contributed by atoms with Crippen LogP contribution >= 0.6 is 0 Å². The van der Waals surface area contributed by atoms with Gasteiger partial charge in [0.2, 0.25) is 0 Å². The highest BCUT2D eigenvalue weighted by Crippen LogP contribution is 2.29. The molecule has 0 amide bonds. The van der Waals surface area contributed by atoms with Crippen molar-refractivity contribution in [3.8, 4) is 5.75 Å². The number of aliphatic hydroxyl groups excluding tert-OH is 1. The summed E-state index contributed by atoms with van der Waals surface area (Å²) in [6.45, 7) is 9.33. The Morgan fingerprint density at radius 3 is 2.83 bits per heavy atom. The molecule has 0 radical (unpaired) electrons. The first-order chi connectivity index (χ1) is 11.3. The molecule has 23 heavy (non-hydrogen) atoms. The van der Waals surface area contributed by atoms with Crippen molar-refractivity contribution in [1.82, 2.24) is 9.80 Å². The Morgan fingerprint density at radius 1 is 1.26 bits per heavy atom. The summed E-state index contributed by atoms with van der Waals surface area (Å²) in [7, 11) is 0. The molecule has 5 nitrogen and oxygen atoms in total. The molecule has 3 rings (SSSR count). The number of benzene rings is 1. The summed E-state index contributed by atoms with van der Waals surface area (Å²) in [5, 5.41) is 12.5. The number of β-amino-alcohol motifs (C(OH)–C–C–N with tert-alkyl or cyclic N) is 1. The van der Waals surface area contributed by atoms with Gasteiger partial charge in [-0.15, -0.1) is 0 Å². The molecular formula is C18H29N3O2. The standard InChI is InChI=1S/C18H29N3O2/c1-2-16(21-8-6-20(7-9-21)10-11-22)13-15-3-4-18-17(14-15)19-5-12-23-18/h3-4,14,16,19,22H,2,5-13H2,1H3. The largest absolute Gasteiger partial charge is 0.490 e. The average Bonchev–Trinajstić information content (AvgIpc) is 2.60. The maximum Gasteiger partial charge on any atom is 0.142 e. The molecule has 0 aliphatic carbocycles. The Bertz CT molecular complexity index is 501. The van der Waals surface area contributed by atoms with Gasteiger partial charge < -0.3 is 15.2 Å². The lowest BCUT2D eigenvalue weighted by atomic mass is 10.0. The molecule has 0 bridgehead atoms. The van der Waals surface area contributed by atoms with Crippen molar-refractivity contribution in [2.75, 3.05) is 57.8 Å². The van der Waals surface area contributed by atoms with Crippen molar-refractivity contribution in [1.29, 1.82) is 0 Å². The van der Waals surface area contributed by atoms with Crippen molar-refractivity contribution in [3.63, 3.8) is 0 Å². The second-order valence-electron chi connectivity index (χ2n) is 6.47. The summed E-state index contributed by atoms with van der Waals surface area (Å²) in [6, 6.07) is 7.15. The van der Waals surface area contributed by atoms with Crippen molar-refractivity contribution in [2.24, 2.45) is 0 Å². The first kappa shape index (κ1) is 16.6. The topological polar surface area (TPSA) is 48.0 Å². The van der Waals surface area contributed by atoms with Crippen molar-refractivity contribution in [3.05, 3.63) is 23.8 Å². The summed E-state index contributed by atoms with van der Waals surface area (Å²) >= 11 is 0. The van der Waals surface area contributed by atoms with E-state index in [0.717, 1.165) is 63.7 Å². The second-order valence-corrected chi connectivity index (χ2v) is 6.47. The SMILES string of the molecule is CCC(Cc1ccc2c(c1)NCCO2)N1CCN(CCO)CC1. The van der Waals surface area contributed by atoms with Gasteiger partial charge in [0.25, 0.3) is 0 Å². The number of anilines is 1. The lowest BCUT2D eigenvalue weighted by Gasteiger charge is -2.39. The van der Waals surface area contributed by atoms with Crippen LogP contribution in [0.2, 0.25) is 0 Å². The molecule has 128 valence electrons. The zero-order valence-corrected chi connectivity index (χ0v) is 14.1. The molecule has 1 saturated heterocycles. The lowest BCUT2D eigenvalue weighted by molar-refractivity contribution is 0.0819. The van der Waals surface area contributed by atoms with E-state index in [2.05, 4.69) is 40.2 Å². The van der Waals surface area contributed by atoms with E-state index in [-0.39, 0.29) is 6.61 Å². The third-order valence-electron chi connectivity index (χ3n) is 5.00. The molecule has 1 atom stereocenters. The van der Waals surface area contributed by atoms with E-state index in [4.69, 9.17) is 9.84 Å². The van der Waals surface area contributed by atoms with E-state index >= 15 is 0 Å². The van der Waals surface area contributed by atoms with Gasteiger partial charge in [0.15, 0.2) is 0 Å². The number of nitrogens with one attached hydrogen (secondary N) is 1. The molecule has 2 N–H and O–H groups in total. The van der Waals surface area contributed by atoms with E-state index in [9.17, 15) is 0 Å². The minimum absolute atomic E-state index is 0.265. The Kier molecular flexibility index (Phi) is 5.75. The van der Waals surface area contributed by atoms with E-state index in [0.29, 0.717) is 6.04 Å². The van der Waals surface area contributed by atoms with Crippen LogP contribution in [0.25, 0.3) is 0 Å². The van der Waals surface area contributed by atoms with Gasteiger partial charge >= 0.3 is 0 Å². The molecular weight excluding hydrogens is 290 g/mol. The molecule has 2 aliphatic rings. The van der Waals surface area contributed by atoms with Gasteiger partial charge in [-0.1, -0.05) is 13.0 Å². The first-order valence-electron chi connectivity index (χ1n) is 8.87. The van der Waals surface area contributed by atoms with Gasteiger partial charge in [0, 0.05) is 45.3 Å². The second kappa shape index (κ2) is 7.99. The maximum atomic E-state index is 9.06. The Hall–Kier alpha value is -1.30. The zero-order chi connectivity index (χ0) is 16.1. The Balaban J connectivity index is 1.59. The summed E-state index contributed by atoms with van der Waals surface area (Å²) in [4.78, 5) is 4.96. The molecule has 0 aromatic heterocycles. The smallest absolute Gasteiger partial charge is 0.142 e. The molecule has 2 heterocycles. The van der Waals surface area contributed by atoms with Crippen LogP contribution in [-0.4, -0.2) is 73.4 Å². The molecule has 1 aromatic carbocycles. The molecule has 1 fully saturated rings. The molecule has 0 spiro atoms. The number of aliphatic hydroxyl groups is 1. The van der Waals surface area contributed by atoms with Gasteiger partial charge in [-0.2, -0.15) is 0 Å². The van der Waals surface area contributed by atoms with Crippen molar-refractivity contribution < 1.29 is 9.84 Å². The van der Waals surface area contributed by atoms with Gasteiger partial charge in [-0.05, 0) is 30.5 Å². The normalized spacial score (nSPS) is 20.4. The maximum absolute atomic E-state index is 9.06. The number of ether oxygens (including phenoxy) is 1. The fourth-order valence-corrected chi connectivity index (χ4v) is 3.61. The van der Waals surface area contributed by atoms with Crippen molar-refractivity contribution >= 4 is 5.69 Å². The minimum Gasteiger partial charge on any atom is -0.490 e. The molecule has 1 unspecified atom stereocenters. The van der Waals surface area contributed by atoms with E-state index in [1.165, 1.54) is 12.0 Å². The van der Waals surface area contributed by atoms with Crippen LogP contribution in [0, 0.1) is 0 Å². The molecule has 1 aromatic rings. The Morgan fingerprint density at radius 2 is 2.09 bits per heavy atom. The summed E-state index contributed by atoms with van der Waals surface area (Å²) < 4.78 is 5.66. The molecule has 0 saturated carbocycles. The van der Waals surface area contributed by atoms with Crippen LogP contribution in [0.15, 0.2) is 18.2 Å². The predicted molar refractivity (Wildman–Crippen MR) is 93.3 cm³/mol. The van der Waals surface area contributed by atoms with Crippen LogP contribution in [0.4, 0.5) is 5.69 Å². The monoisotopic (exact) mass is 319 g/mol. The summed E-state index contributed by atoms with van der Waals surface area (Å²) in [6.07, 6.45) is 2.26. The van der Waals surface area contributed by atoms with Crippen molar-refractivity contribution in [2.45, 2.75) is 25.8 Å². The number of fused-ring (bicyclic) bond motifs is 1. The number of piperazine rings is 1. The fraction of sp³-hybridized carbons (Fsp3) is 0.667. The highest BCUT2D eigenvalue weighted by atomic mass is 16.5. The highest BCUT2D eigenvalue weighted by Gasteiger charge is 2.23. The molecule has 5 heteroatoms. The van der Waals surface area contributed by atoms with Gasteiger partial charge in [-0.3, -0.25) is 9.80 Å². The van der Waals surface area contributed by atoms with E-state index in [1.54, 1.807) is 0 Å². The van der Waals surface area contributed by atoms with Crippen LogP contribution in [-0.2, 0) is 6.42 Å². The van der Waals surface area contributed by atoms with Crippen LogP contribution in [0.5, 0.6) is 5.75 Å². The summed E-state index contributed by atoms with van der Waals surface area (Å²) in [5.41, 5.74) is 2.52. The van der Waals surface area contributed by atoms with Gasteiger partial charge in [0.1, 0.15) is 12.4 Å². The van der Waals surface area contributed by atoms with Crippen LogP contribution in [0.1, 0.15) is 18.9 Å². The number of nitrogens with zero attached hydrogens (tertiary/aromatic N) is 2. The average molecular weight is 319 g/mol. The number of hydrogen-bond donors (Lipinski definition) is 2. The fourth-order valence-electron chi connectivity index (χ4n) is 3.61. The van der Waals surface area contributed by atoms with Gasteiger partial charge in [0.05, 0.1) is 12.3 Å². The number of rotatable bonds is 6. The van der Waals surface area contributed by atoms with E-state index < -0.39 is 0 Å². The number of hydrogen-bond acceptors (Lipinski definition) is 5. The Labute approximate surface area is 139 Å². The van der Waals surface area contributed by atoms with E-state index in [1.807, 2.05) is 0 Å². The quantitative estimate of drug-likeness (QED) is 0.830. The highest BCUT2D eigenvalue weighted by molar-refractivity contribution is 5.59. The van der Waals surface area contributed by atoms with Crippen LogP contribution < -0.4 is 10.1 Å². The predicted octanol–water partition coefficient (Wildman–Crippen LogP) is 1.42. The van der Waals surface area contributed by atoms with Gasteiger partial charge in [-0.25, -0.2) is 0 Å². The lowest BCUT2D eigenvalue weighted by Crippen LogP contribution is -2.51. The third kappa shape index (κ3) is 4.16. The summed E-state index contributed by atoms with van der Waals surface area (Å²) in [5.74, 6) is 0.977. The molecule has 2 aliphatic heterocycles. The minimum atomic E-state index is 0.265. The zero-order valence-electron chi connectivity index (χ0n) is 14.1.